The van der Waals surface area contributed by atoms with Crippen LogP contribution in [0.2, 0.25) is 0 Å². The molecule has 0 amide bonds. The molecule has 3 aliphatic rings. The lowest BCUT2D eigenvalue weighted by atomic mass is 9.55. The third-order valence-electron chi connectivity index (χ3n) is 5.13. The highest BCUT2D eigenvalue weighted by Crippen LogP contribution is 2.55. The summed E-state index contributed by atoms with van der Waals surface area (Å²) in [6.45, 7) is 3.95. The third-order valence-corrected chi connectivity index (χ3v) is 5.13. The highest BCUT2D eigenvalue weighted by Gasteiger charge is 2.44. The molecule has 0 aliphatic heterocycles. The Morgan fingerprint density at radius 3 is 2.69 bits per heavy atom. The zero-order valence-electron chi connectivity index (χ0n) is 10.2. The van der Waals surface area contributed by atoms with Crippen LogP contribution in [0.25, 0.3) is 0 Å². The van der Waals surface area contributed by atoms with Crippen molar-refractivity contribution in [1.29, 1.82) is 0 Å². The molecule has 0 heterocycles. The van der Waals surface area contributed by atoms with E-state index in [1.807, 2.05) is 0 Å². The van der Waals surface area contributed by atoms with E-state index >= 15 is 0 Å². The summed E-state index contributed by atoms with van der Waals surface area (Å²) in [4.78, 5) is 0. The van der Waals surface area contributed by atoms with E-state index in [4.69, 9.17) is 0 Å². The van der Waals surface area contributed by atoms with Gasteiger partial charge in [-0.1, -0.05) is 44.4 Å². The molecule has 2 bridgehead atoms. The second kappa shape index (κ2) is 3.93. The molecular weight excluding hydrogens is 192 g/mol. The van der Waals surface area contributed by atoms with E-state index in [1.54, 1.807) is 5.57 Å². The average molecular weight is 214 g/mol. The van der Waals surface area contributed by atoms with Crippen molar-refractivity contribution in [1.82, 2.24) is 0 Å². The van der Waals surface area contributed by atoms with Crippen molar-refractivity contribution in [3.8, 4) is 0 Å². The standard InChI is InChI=1S/C16H22/c1-2-14-13-7-6-8-15(14)16(12-9-13)10-4-3-5-11-16/h9,12-13,15H,1,3-8,10-11H2. The van der Waals surface area contributed by atoms with Gasteiger partial charge in [-0.15, -0.1) is 5.73 Å². The maximum absolute atomic E-state index is 3.95. The summed E-state index contributed by atoms with van der Waals surface area (Å²) < 4.78 is 0. The summed E-state index contributed by atoms with van der Waals surface area (Å²) in [6.07, 6.45) is 16.3. The molecule has 3 aliphatic carbocycles. The van der Waals surface area contributed by atoms with Gasteiger partial charge in [0.25, 0.3) is 0 Å². The average Bonchev–Trinajstić information content (AvgIpc) is 2.35. The van der Waals surface area contributed by atoms with Crippen LogP contribution in [0.4, 0.5) is 0 Å². The Hall–Kier alpha value is -0.740. The zero-order chi connectivity index (χ0) is 11.0. The van der Waals surface area contributed by atoms with Gasteiger partial charge in [-0.25, -0.2) is 0 Å². The van der Waals surface area contributed by atoms with Crippen LogP contribution in [0, 0.1) is 17.3 Å². The third kappa shape index (κ3) is 1.44. The fourth-order valence-electron chi connectivity index (χ4n) is 4.31. The molecule has 2 atom stereocenters. The van der Waals surface area contributed by atoms with Crippen LogP contribution < -0.4 is 0 Å². The Balaban J connectivity index is 2.01. The topological polar surface area (TPSA) is 0 Å². The van der Waals surface area contributed by atoms with Crippen molar-refractivity contribution in [2.75, 3.05) is 0 Å². The monoisotopic (exact) mass is 214 g/mol. The van der Waals surface area contributed by atoms with Crippen molar-refractivity contribution < 1.29 is 0 Å². The minimum absolute atomic E-state index is 0.509. The zero-order valence-corrected chi connectivity index (χ0v) is 10.2. The molecule has 16 heavy (non-hydrogen) atoms. The van der Waals surface area contributed by atoms with E-state index in [-0.39, 0.29) is 0 Å². The molecule has 0 N–H and O–H groups in total. The van der Waals surface area contributed by atoms with Gasteiger partial charge >= 0.3 is 0 Å². The first-order valence-electron chi connectivity index (χ1n) is 6.95. The molecule has 0 aromatic carbocycles. The number of hydrogen-bond donors (Lipinski definition) is 0. The summed E-state index contributed by atoms with van der Waals surface area (Å²) in [5.41, 5.74) is 5.35. The molecule has 0 saturated heterocycles. The molecule has 3 rings (SSSR count). The predicted octanol–water partition coefficient (Wildman–Crippen LogP) is 4.63. The fourth-order valence-corrected chi connectivity index (χ4v) is 4.31. The van der Waals surface area contributed by atoms with Crippen LogP contribution in [-0.2, 0) is 0 Å². The summed E-state index contributed by atoms with van der Waals surface area (Å²) in [5.74, 6) is 1.47. The fraction of sp³-hybridized carbons (Fsp3) is 0.688. The second-order valence-electron chi connectivity index (χ2n) is 5.88. The van der Waals surface area contributed by atoms with Gasteiger partial charge in [0, 0.05) is 5.92 Å². The first kappa shape index (κ1) is 10.4. The number of fused-ring (bicyclic) bond motifs is 3. The Bertz CT molecular complexity index is 348. The van der Waals surface area contributed by atoms with Gasteiger partial charge in [-0.05, 0) is 42.6 Å². The highest BCUT2D eigenvalue weighted by atomic mass is 14.5. The van der Waals surface area contributed by atoms with E-state index in [9.17, 15) is 0 Å². The van der Waals surface area contributed by atoms with Crippen LogP contribution in [0.1, 0.15) is 51.4 Å². The van der Waals surface area contributed by atoms with E-state index in [0.717, 1.165) is 5.92 Å². The second-order valence-corrected chi connectivity index (χ2v) is 5.88. The SMILES string of the molecule is C=C=C1C2C=CC3(CCCCC3)C1CCC2. The molecule has 0 radical (unpaired) electrons. The van der Waals surface area contributed by atoms with E-state index < -0.39 is 0 Å². The van der Waals surface area contributed by atoms with Crippen molar-refractivity contribution in [2.45, 2.75) is 51.4 Å². The molecule has 2 unspecified atom stereocenters. The normalized spacial score (nSPS) is 36.1. The minimum atomic E-state index is 0.509. The van der Waals surface area contributed by atoms with Crippen molar-refractivity contribution in [2.24, 2.45) is 17.3 Å². The molecule has 2 fully saturated rings. The maximum atomic E-state index is 3.95. The Labute approximate surface area is 99.1 Å². The van der Waals surface area contributed by atoms with E-state index in [2.05, 4.69) is 24.5 Å². The predicted molar refractivity (Wildman–Crippen MR) is 68.1 cm³/mol. The molecular formula is C16H22. The first-order chi connectivity index (χ1) is 7.86. The van der Waals surface area contributed by atoms with Crippen molar-refractivity contribution >= 4 is 0 Å². The highest BCUT2D eigenvalue weighted by molar-refractivity contribution is 5.29. The lowest BCUT2D eigenvalue weighted by Gasteiger charge is -2.49. The maximum Gasteiger partial charge on any atom is 0.00558 e. The summed E-state index contributed by atoms with van der Waals surface area (Å²) >= 11 is 0. The lowest BCUT2D eigenvalue weighted by Crippen LogP contribution is -2.38. The van der Waals surface area contributed by atoms with Crippen molar-refractivity contribution in [3.63, 3.8) is 0 Å². The van der Waals surface area contributed by atoms with Crippen LogP contribution in [-0.4, -0.2) is 0 Å². The van der Waals surface area contributed by atoms with Gasteiger partial charge in [0.2, 0.25) is 0 Å². The molecule has 0 heteroatoms. The van der Waals surface area contributed by atoms with E-state index in [0.29, 0.717) is 11.3 Å². The molecule has 2 saturated carbocycles. The number of rotatable bonds is 0. The van der Waals surface area contributed by atoms with Gasteiger partial charge in [0.1, 0.15) is 0 Å². The van der Waals surface area contributed by atoms with E-state index in [1.165, 1.54) is 51.4 Å². The Kier molecular flexibility index (Phi) is 2.56. The number of allylic oxidation sites excluding steroid dienone is 3. The van der Waals surface area contributed by atoms with Crippen LogP contribution in [0.3, 0.4) is 0 Å². The lowest BCUT2D eigenvalue weighted by molar-refractivity contribution is 0.137. The molecule has 86 valence electrons. The van der Waals surface area contributed by atoms with Gasteiger partial charge in [0.05, 0.1) is 0 Å². The van der Waals surface area contributed by atoms with Crippen LogP contribution >= 0.6 is 0 Å². The summed E-state index contributed by atoms with van der Waals surface area (Å²) in [5, 5.41) is 0. The number of hydrogen-bond acceptors (Lipinski definition) is 0. The smallest absolute Gasteiger partial charge is 0.00558 e. The van der Waals surface area contributed by atoms with Crippen molar-refractivity contribution in [3.05, 3.63) is 30.0 Å². The quantitative estimate of drug-likeness (QED) is 0.407. The van der Waals surface area contributed by atoms with Gasteiger partial charge < -0.3 is 0 Å². The van der Waals surface area contributed by atoms with Gasteiger partial charge in [0.15, 0.2) is 0 Å². The van der Waals surface area contributed by atoms with Gasteiger partial charge in [-0.3, -0.25) is 0 Å². The molecule has 0 aromatic heterocycles. The molecule has 1 spiro atoms. The Morgan fingerprint density at radius 1 is 1.12 bits per heavy atom. The largest absolute Gasteiger partial charge is 0.129 e. The molecule has 0 aromatic rings. The first-order valence-corrected chi connectivity index (χ1v) is 6.95. The summed E-state index contributed by atoms with van der Waals surface area (Å²) in [6, 6.07) is 0. The summed E-state index contributed by atoms with van der Waals surface area (Å²) in [7, 11) is 0. The van der Waals surface area contributed by atoms with Gasteiger partial charge in [-0.2, -0.15) is 0 Å². The minimum Gasteiger partial charge on any atom is -0.129 e. The Morgan fingerprint density at radius 2 is 1.94 bits per heavy atom. The van der Waals surface area contributed by atoms with Crippen LogP contribution in [0.15, 0.2) is 30.0 Å². The molecule has 0 nitrogen and oxygen atoms in total. The van der Waals surface area contributed by atoms with Crippen LogP contribution in [0.5, 0.6) is 0 Å².